The Morgan fingerprint density at radius 1 is 1.50 bits per heavy atom. The third kappa shape index (κ3) is 1.88. The predicted molar refractivity (Wildman–Crippen MR) is 40.3 cm³/mol. The zero-order valence-electron chi connectivity index (χ0n) is 4.92. The summed E-state index contributed by atoms with van der Waals surface area (Å²) in [6.45, 7) is 0. The number of hydrogen-bond donors (Lipinski definition) is 0. The Morgan fingerprint density at radius 2 is 2.38 bits per heavy atom. The zero-order chi connectivity index (χ0) is 5.82. The molecule has 0 bridgehead atoms. The Kier molecular flexibility index (Phi) is 3.08. The van der Waals surface area contributed by atoms with Crippen LogP contribution in [0.3, 0.4) is 0 Å². The van der Waals surface area contributed by atoms with E-state index in [4.69, 9.17) is 4.74 Å². The Balaban J connectivity index is 2.13. The van der Waals surface area contributed by atoms with E-state index < -0.39 is 0 Å². The van der Waals surface area contributed by atoms with Gasteiger partial charge in [0.1, 0.15) is 0 Å². The molecule has 0 N–H and O–H groups in total. The Bertz CT molecular complexity index is 61.4. The highest BCUT2D eigenvalue weighted by molar-refractivity contribution is 8.76. The fraction of sp³-hybridized carbons (Fsp3) is 1.00. The lowest BCUT2D eigenvalue weighted by Gasteiger charge is -2.18. The maximum atomic E-state index is 5.16. The Hall–Kier alpha value is 0.660. The molecule has 1 aliphatic heterocycles. The monoisotopic (exact) mass is 150 g/mol. The van der Waals surface area contributed by atoms with Crippen molar-refractivity contribution in [3.8, 4) is 0 Å². The van der Waals surface area contributed by atoms with Crippen molar-refractivity contribution in [3.05, 3.63) is 0 Å². The smallest absolute Gasteiger partial charge is 0.0678 e. The summed E-state index contributed by atoms with van der Waals surface area (Å²) in [7, 11) is 5.66. The molecule has 1 saturated heterocycles. The second-order valence-electron chi connectivity index (χ2n) is 1.75. The SMILES string of the molecule is CO[C@@H]1CCSSC1. The highest BCUT2D eigenvalue weighted by Crippen LogP contribution is 2.29. The van der Waals surface area contributed by atoms with Crippen LogP contribution in [0.5, 0.6) is 0 Å². The van der Waals surface area contributed by atoms with E-state index in [0.29, 0.717) is 6.10 Å². The van der Waals surface area contributed by atoms with E-state index in [1.807, 2.05) is 21.6 Å². The van der Waals surface area contributed by atoms with Crippen LogP contribution in [0.25, 0.3) is 0 Å². The minimum absolute atomic E-state index is 0.529. The van der Waals surface area contributed by atoms with Crippen molar-refractivity contribution in [1.82, 2.24) is 0 Å². The third-order valence-corrected chi connectivity index (χ3v) is 3.68. The molecule has 1 nitrogen and oxygen atoms in total. The molecule has 3 heteroatoms. The van der Waals surface area contributed by atoms with Crippen molar-refractivity contribution >= 4 is 21.6 Å². The van der Waals surface area contributed by atoms with Crippen LogP contribution in [-0.2, 0) is 4.74 Å². The lowest BCUT2D eigenvalue weighted by Crippen LogP contribution is -2.16. The van der Waals surface area contributed by atoms with Crippen LogP contribution in [0.2, 0.25) is 0 Å². The Morgan fingerprint density at radius 3 is 2.75 bits per heavy atom. The summed E-state index contributed by atoms with van der Waals surface area (Å²) < 4.78 is 5.16. The van der Waals surface area contributed by atoms with E-state index in [1.54, 1.807) is 7.11 Å². The number of rotatable bonds is 1. The van der Waals surface area contributed by atoms with E-state index in [0.717, 1.165) is 0 Å². The Labute approximate surface area is 58.0 Å². The van der Waals surface area contributed by atoms with Crippen molar-refractivity contribution in [1.29, 1.82) is 0 Å². The fourth-order valence-electron chi connectivity index (χ4n) is 0.632. The predicted octanol–water partition coefficient (Wildman–Crippen LogP) is 1.79. The first-order valence-corrected chi connectivity index (χ1v) is 5.19. The van der Waals surface area contributed by atoms with Crippen LogP contribution in [0.1, 0.15) is 6.42 Å². The van der Waals surface area contributed by atoms with Gasteiger partial charge < -0.3 is 4.74 Å². The van der Waals surface area contributed by atoms with Gasteiger partial charge in [-0.2, -0.15) is 0 Å². The van der Waals surface area contributed by atoms with Crippen molar-refractivity contribution < 1.29 is 4.74 Å². The van der Waals surface area contributed by atoms with Gasteiger partial charge in [-0.25, -0.2) is 0 Å². The molecule has 1 aliphatic rings. The van der Waals surface area contributed by atoms with Crippen LogP contribution in [-0.4, -0.2) is 24.7 Å². The average molecular weight is 150 g/mol. The number of ether oxygens (including phenoxy) is 1. The molecule has 1 fully saturated rings. The highest BCUT2D eigenvalue weighted by atomic mass is 33.1. The molecule has 0 aliphatic carbocycles. The van der Waals surface area contributed by atoms with Gasteiger partial charge in [-0.15, -0.1) is 0 Å². The van der Waals surface area contributed by atoms with Gasteiger partial charge in [0.2, 0.25) is 0 Å². The lowest BCUT2D eigenvalue weighted by atomic mass is 10.3. The normalized spacial score (nSPS) is 30.4. The van der Waals surface area contributed by atoms with Gasteiger partial charge in [0.25, 0.3) is 0 Å². The maximum absolute atomic E-state index is 5.16. The van der Waals surface area contributed by atoms with Gasteiger partial charge in [-0.3, -0.25) is 0 Å². The van der Waals surface area contributed by atoms with Gasteiger partial charge >= 0.3 is 0 Å². The third-order valence-electron chi connectivity index (χ3n) is 1.19. The molecule has 8 heavy (non-hydrogen) atoms. The van der Waals surface area contributed by atoms with Crippen molar-refractivity contribution in [2.75, 3.05) is 18.6 Å². The molecule has 0 aromatic heterocycles. The first kappa shape index (κ1) is 6.78. The van der Waals surface area contributed by atoms with Crippen LogP contribution in [0.15, 0.2) is 0 Å². The summed E-state index contributed by atoms with van der Waals surface area (Å²) in [5.41, 5.74) is 0. The van der Waals surface area contributed by atoms with E-state index >= 15 is 0 Å². The largest absolute Gasteiger partial charge is 0.381 e. The first-order chi connectivity index (χ1) is 3.93. The van der Waals surface area contributed by atoms with Crippen molar-refractivity contribution in [2.24, 2.45) is 0 Å². The fourth-order valence-corrected chi connectivity index (χ4v) is 3.05. The van der Waals surface area contributed by atoms with E-state index in [-0.39, 0.29) is 0 Å². The molecular formula is C5H10OS2. The minimum atomic E-state index is 0.529. The molecule has 0 amide bonds. The number of methoxy groups -OCH3 is 1. The molecule has 1 rings (SSSR count). The summed E-state index contributed by atoms with van der Waals surface area (Å²) in [4.78, 5) is 0. The summed E-state index contributed by atoms with van der Waals surface area (Å²) in [6, 6.07) is 0. The highest BCUT2D eigenvalue weighted by Gasteiger charge is 2.11. The summed E-state index contributed by atoms with van der Waals surface area (Å²) in [5, 5.41) is 0. The quantitative estimate of drug-likeness (QED) is 0.527. The maximum Gasteiger partial charge on any atom is 0.0678 e. The summed E-state index contributed by atoms with van der Waals surface area (Å²) in [5.74, 6) is 2.42. The second kappa shape index (κ2) is 3.64. The van der Waals surface area contributed by atoms with E-state index in [9.17, 15) is 0 Å². The van der Waals surface area contributed by atoms with Crippen LogP contribution in [0.4, 0.5) is 0 Å². The topological polar surface area (TPSA) is 9.23 Å². The molecule has 1 heterocycles. The van der Waals surface area contributed by atoms with Gasteiger partial charge in [0, 0.05) is 18.6 Å². The van der Waals surface area contributed by atoms with Crippen LogP contribution >= 0.6 is 21.6 Å². The average Bonchev–Trinajstić information content (AvgIpc) is 1.90. The first-order valence-electron chi connectivity index (χ1n) is 2.70. The molecule has 0 aromatic rings. The number of hydrogen-bond acceptors (Lipinski definition) is 3. The van der Waals surface area contributed by atoms with Crippen LogP contribution in [0, 0.1) is 0 Å². The molecular weight excluding hydrogens is 140 g/mol. The molecule has 48 valence electrons. The summed E-state index contributed by atoms with van der Waals surface area (Å²) >= 11 is 0. The van der Waals surface area contributed by atoms with Gasteiger partial charge in [-0.1, -0.05) is 21.6 Å². The second-order valence-corrected chi connectivity index (χ2v) is 4.38. The van der Waals surface area contributed by atoms with Crippen molar-refractivity contribution in [3.63, 3.8) is 0 Å². The zero-order valence-corrected chi connectivity index (χ0v) is 6.56. The van der Waals surface area contributed by atoms with Gasteiger partial charge in [0.05, 0.1) is 6.10 Å². The molecule has 0 saturated carbocycles. The van der Waals surface area contributed by atoms with E-state index in [1.165, 1.54) is 17.9 Å². The summed E-state index contributed by atoms with van der Waals surface area (Å²) in [6.07, 6.45) is 1.76. The van der Waals surface area contributed by atoms with Gasteiger partial charge in [-0.05, 0) is 6.42 Å². The standard InChI is InChI=1S/C5H10OS2/c1-6-5-2-3-7-8-4-5/h5H,2-4H2,1H3/t5-/m1/s1. The lowest BCUT2D eigenvalue weighted by molar-refractivity contribution is 0.120. The molecule has 0 aromatic carbocycles. The molecule has 1 atom stereocenters. The van der Waals surface area contributed by atoms with E-state index in [2.05, 4.69) is 0 Å². The molecule has 0 spiro atoms. The minimum Gasteiger partial charge on any atom is -0.381 e. The van der Waals surface area contributed by atoms with Gasteiger partial charge in [0.15, 0.2) is 0 Å². The van der Waals surface area contributed by atoms with Crippen molar-refractivity contribution in [2.45, 2.75) is 12.5 Å². The van der Waals surface area contributed by atoms with Crippen LogP contribution < -0.4 is 0 Å². The molecule has 0 radical (unpaired) electrons. The molecule has 0 unspecified atom stereocenters.